The number of hydrogen-bond donors (Lipinski definition) is 1. The molecule has 0 atom stereocenters. The molecule has 0 saturated heterocycles. The Morgan fingerprint density at radius 3 is 2.26 bits per heavy atom. The number of hydrogen-bond acceptors (Lipinski definition) is 1. The van der Waals surface area contributed by atoms with Gasteiger partial charge < -0.3 is 0 Å². The molecule has 1 aromatic rings. The predicted octanol–water partition coefficient (Wildman–Crippen LogP) is 3.67. The molecular weight excluding hydrogens is 329 g/mol. The Hall–Kier alpha value is 0.431. The first kappa shape index (κ1) is 19.4. The molecule has 0 aromatic heterocycles. The van der Waals surface area contributed by atoms with E-state index in [2.05, 4.69) is 66.1 Å². The molecule has 1 aromatic carbocycles. The molecule has 1 nitrogen and oxygen atoms in total. The van der Waals surface area contributed by atoms with E-state index >= 15 is 0 Å². The van der Waals surface area contributed by atoms with Crippen molar-refractivity contribution in [1.82, 2.24) is 3.80 Å². The van der Waals surface area contributed by atoms with Crippen molar-refractivity contribution < 1.29 is 14.3 Å². The number of rotatable bonds is 3. The van der Waals surface area contributed by atoms with Gasteiger partial charge in [-0.3, -0.25) is 0 Å². The van der Waals surface area contributed by atoms with Crippen molar-refractivity contribution in [3.63, 3.8) is 0 Å². The summed E-state index contributed by atoms with van der Waals surface area (Å²) < 4.78 is 5.58. The maximum absolute atomic E-state index is 3.91. The third-order valence-electron chi connectivity index (χ3n) is 3.55. The van der Waals surface area contributed by atoms with Crippen LogP contribution < -0.4 is 3.80 Å². The Morgan fingerprint density at radius 2 is 1.74 bits per heavy atom. The fourth-order valence-corrected chi connectivity index (χ4v) is 10.8. The van der Waals surface area contributed by atoms with Crippen molar-refractivity contribution in [2.24, 2.45) is 0 Å². The standard InChI is InChI=1S/C9H7.C3H8N.2CH3.2ClH.H2Si.Ti/c1-2-5-9-7-3-6-8(9)4-1;1-3(2)4;;;;;;/h1-2,4-6H,7H2;3-4H,1-2H3;2*1H3;2*1H;1H2;/q;-1;;;;;;+1. The number of allylic oxidation sites excluding steroid dienone is 1. The quantitative estimate of drug-likeness (QED) is 0.817. The van der Waals surface area contributed by atoms with E-state index in [0.717, 1.165) is 6.42 Å². The van der Waals surface area contributed by atoms with Crippen LogP contribution in [0.1, 0.15) is 25.0 Å². The fourth-order valence-electron chi connectivity index (χ4n) is 2.81. The second-order valence-corrected chi connectivity index (χ2v) is 25.1. The summed E-state index contributed by atoms with van der Waals surface area (Å²) in [5.41, 5.74) is 2.93. The number of nitrogens with one attached hydrogen (secondary N) is 1. The van der Waals surface area contributed by atoms with Gasteiger partial charge in [-0.1, -0.05) is 0 Å². The van der Waals surface area contributed by atoms with E-state index in [1.54, 1.807) is 3.88 Å². The van der Waals surface area contributed by atoms with Gasteiger partial charge in [0, 0.05) is 0 Å². The first-order chi connectivity index (χ1) is 7.76. The molecule has 19 heavy (non-hydrogen) atoms. The number of fused-ring (bicyclic) bond motifs is 1. The summed E-state index contributed by atoms with van der Waals surface area (Å²) in [5.74, 6) is 0. The molecule has 0 saturated carbocycles. The molecule has 5 heteroatoms. The van der Waals surface area contributed by atoms with E-state index < -0.39 is 14.3 Å². The van der Waals surface area contributed by atoms with Crippen molar-refractivity contribution in [3.05, 3.63) is 39.3 Å². The molecule has 0 spiro atoms. The van der Waals surface area contributed by atoms with Crippen molar-refractivity contribution >= 4 is 38.5 Å². The summed E-state index contributed by atoms with van der Waals surface area (Å²) in [6, 6.07) is 9.36. The Morgan fingerprint density at radius 1 is 1.16 bits per heavy atom. The fraction of sp³-hybridized carbons (Fsp3) is 0.429. The van der Waals surface area contributed by atoms with Gasteiger partial charge in [-0.25, -0.2) is 0 Å². The van der Waals surface area contributed by atoms with Crippen LogP contribution in [-0.4, -0.2) is 13.7 Å². The van der Waals surface area contributed by atoms with Gasteiger partial charge in [-0.15, -0.1) is 24.8 Å². The maximum atomic E-state index is 3.91. The van der Waals surface area contributed by atoms with Crippen molar-refractivity contribution in [2.45, 2.75) is 36.8 Å². The van der Waals surface area contributed by atoms with Gasteiger partial charge in [0.05, 0.1) is 0 Å². The van der Waals surface area contributed by atoms with Crippen LogP contribution >= 0.6 is 24.8 Å². The van der Waals surface area contributed by atoms with Gasteiger partial charge in [0.1, 0.15) is 0 Å². The SMILES string of the molecule is CC(C)[NH][Ti]([CH3])([CH3])(=[SiH2])[C]1=Cc2ccccc2C1.Cl.Cl. The van der Waals surface area contributed by atoms with Gasteiger partial charge in [-0.2, -0.15) is 0 Å². The van der Waals surface area contributed by atoms with E-state index in [0.29, 0.717) is 6.04 Å². The first-order valence-corrected chi connectivity index (χ1v) is 15.1. The maximum Gasteiger partial charge on any atom is -0.147 e. The van der Waals surface area contributed by atoms with Crippen molar-refractivity contribution in [3.8, 4) is 0 Å². The minimum atomic E-state index is -2.59. The summed E-state index contributed by atoms with van der Waals surface area (Å²) in [7, 11) is 2.24. The third-order valence-corrected chi connectivity index (χ3v) is 12.3. The van der Waals surface area contributed by atoms with Gasteiger partial charge in [0.25, 0.3) is 0 Å². The molecule has 2 rings (SSSR count). The summed E-state index contributed by atoms with van der Waals surface area (Å²) >= 11 is -2.59. The zero-order valence-corrected chi connectivity index (χ0v) is 16.8. The van der Waals surface area contributed by atoms with Gasteiger partial charge in [0.2, 0.25) is 0 Å². The van der Waals surface area contributed by atoms with Gasteiger partial charge in [-0.05, 0) is 0 Å². The normalized spacial score (nSPS) is 14.3. The van der Waals surface area contributed by atoms with E-state index in [1.165, 1.54) is 11.1 Å². The smallest absolute Gasteiger partial charge is 0.147 e. The van der Waals surface area contributed by atoms with E-state index in [-0.39, 0.29) is 24.8 Å². The first-order valence-electron chi connectivity index (χ1n) is 6.41. The monoisotopic (exact) mass is 353 g/mol. The third kappa shape index (κ3) is 4.45. The minimum absolute atomic E-state index is 0. The molecule has 1 aliphatic rings. The van der Waals surface area contributed by atoms with Crippen LogP contribution in [0, 0.1) is 0 Å². The predicted molar refractivity (Wildman–Crippen MR) is 91.2 cm³/mol. The van der Waals surface area contributed by atoms with Gasteiger partial charge >= 0.3 is 108 Å². The zero-order chi connectivity index (χ0) is 12.7. The minimum Gasteiger partial charge on any atom is -0.147 e. The molecular formula is C14H25Cl2NSiTi. The van der Waals surface area contributed by atoms with E-state index in [4.69, 9.17) is 0 Å². The molecule has 108 valence electrons. The Kier molecular flexibility index (Phi) is 6.61. The summed E-state index contributed by atoms with van der Waals surface area (Å²) in [6.45, 7) is 4.51. The average molecular weight is 354 g/mol. The molecule has 0 amide bonds. The zero-order valence-electron chi connectivity index (χ0n) is 12.2. The molecule has 0 bridgehead atoms. The van der Waals surface area contributed by atoms with Gasteiger partial charge in [0.15, 0.2) is 0 Å². The Bertz CT molecular complexity index is 546. The largest absolute Gasteiger partial charge is 0.147 e. The second-order valence-electron chi connectivity index (χ2n) is 6.53. The van der Waals surface area contributed by atoms with E-state index in [1.807, 2.05) is 0 Å². The van der Waals surface area contributed by atoms with Crippen molar-refractivity contribution in [1.29, 1.82) is 0 Å². The molecule has 1 aliphatic carbocycles. The summed E-state index contributed by atoms with van der Waals surface area (Å²) in [6.07, 6.45) is 3.60. The Balaban J connectivity index is 0.00000162. The molecule has 1 N–H and O–H groups in total. The van der Waals surface area contributed by atoms with Crippen LogP contribution in [0.3, 0.4) is 0 Å². The average Bonchev–Trinajstić information content (AvgIpc) is 2.58. The summed E-state index contributed by atoms with van der Waals surface area (Å²) in [4.78, 5) is 0. The van der Waals surface area contributed by atoms with Crippen LogP contribution in [0.4, 0.5) is 0 Å². The number of benzene rings is 1. The number of halogens is 2. The van der Waals surface area contributed by atoms with Crippen LogP contribution in [0.15, 0.2) is 28.1 Å². The molecule has 0 aliphatic heterocycles. The van der Waals surface area contributed by atoms with E-state index in [9.17, 15) is 0 Å². The van der Waals surface area contributed by atoms with Crippen LogP contribution in [0.25, 0.3) is 6.08 Å². The van der Waals surface area contributed by atoms with Crippen LogP contribution in [-0.2, 0) is 20.7 Å². The van der Waals surface area contributed by atoms with Crippen LogP contribution in [0.2, 0.25) is 10.5 Å². The van der Waals surface area contributed by atoms with Crippen molar-refractivity contribution in [2.75, 3.05) is 0 Å². The molecule has 0 unspecified atom stereocenters. The molecule has 0 radical (unpaired) electrons. The Labute approximate surface area is 132 Å². The van der Waals surface area contributed by atoms with Crippen LogP contribution in [0.5, 0.6) is 0 Å². The second kappa shape index (κ2) is 6.47. The molecule has 0 heterocycles. The topological polar surface area (TPSA) is 12.0 Å². The molecule has 0 fully saturated rings. The summed E-state index contributed by atoms with van der Waals surface area (Å²) in [5, 5.41) is 4.99.